The molecule has 0 bridgehead atoms. The van der Waals surface area contributed by atoms with Crippen LogP contribution in [0.15, 0.2) is 77.5 Å². The van der Waals surface area contributed by atoms with Crippen molar-refractivity contribution in [2.24, 2.45) is 10.7 Å². The Morgan fingerprint density at radius 3 is 2.59 bits per heavy atom. The molecule has 0 aliphatic heterocycles. The number of halogens is 5. The van der Waals surface area contributed by atoms with Crippen LogP contribution < -0.4 is 11.1 Å². The van der Waals surface area contributed by atoms with Crippen LogP contribution >= 0.6 is 0 Å². The Morgan fingerprint density at radius 2 is 1.95 bits per heavy atom. The van der Waals surface area contributed by atoms with Crippen molar-refractivity contribution in [3.63, 3.8) is 0 Å². The first kappa shape index (κ1) is 31.1. The van der Waals surface area contributed by atoms with E-state index in [-0.39, 0.29) is 31.4 Å². The van der Waals surface area contributed by atoms with E-state index < -0.39 is 41.2 Å². The van der Waals surface area contributed by atoms with Gasteiger partial charge in [0.2, 0.25) is 5.91 Å². The number of aromatic nitrogens is 1. The number of nitrogens with zero attached hydrogens (tertiary/aromatic N) is 2. The molecule has 0 aliphatic rings. The van der Waals surface area contributed by atoms with Crippen molar-refractivity contribution in [1.82, 2.24) is 10.3 Å². The third-order valence-electron chi connectivity index (χ3n) is 5.26. The molecule has 3 N–H and O–H groups in total. The van der Waals surface area contributed by atoms with E-state index in [1.54, 1.807) is 19.1 Å². The van der Waals surface area contributed by atoms with Crippen molar-refractivity contribution in [2.45, 2.75) is 45.1 Å². The fourth-order valence-corrected chi connectivity index (χ4v) is 3.67. The van der Waals surface area contributed by atoms with Crippen LogP contribution in [-0.4, -0.2) is 35.5 Å². The molecule has 0 radical (unpaired) electrons. The largest absolute Gasteiger partial charge is 0.366 e. The van der Waals surface area contributed by atoms with E-state index in [9.17, 15) is 31.5 Å². The summed E-state index contributed by atoms with van der Waals surface area (Å²) in [5.74, 6) is -7.14. The molecule has 0 fully saturated rings. The molecule has 0 saturated heterocycles. The molecule has 39 heavy (non-hydrogen) atoms. The molecule has 1 aromatic carbocycles. The van der Waals surface area contributed by atoms with E-state index >= 15 is 0 Å². The molecule has 1 unspecified atom stereocenters. The second-order valence-corrected chi connectivity index (χ2v) is 8.88. The van der Waals surface area contributed by atoms with Gasteiger partial charge in [-0.05, 0) is 49.6 Å². The topological polar surface area (TPSA) is 97.4 Å². The summed E-state index contributed by atoms with van der Waals surface area (Å²) >= 11 is 0. The normalized spacial score (nSPS) is 13.4. The summed E-state index contributed by atoms with van der Waals surface area (Å²) in [6, 6.07) is 6.17. The Hall–Kier alpha value is -4.15. The zero-order chi connectivity index (χ0) is 29.2. The average molecular weight is 549 g/mol. The van der Waals surface area contributed by atoms with E-state index in [0.717, 1.165) is 12.1 Å². The third kappa shape index (κ3) is 10.6. The first-order chi connectivity index (χ1) is 18.3. The van der Waals surface area contributed by atoms with E-state index in [4.69, 9.17) is 5.73 Å². The Bertz CT molecular complexity index is 1300. The molecular weight excluding hydrogens is 519 g/mol. The number of aliphatic imine (C=N–C) groups is 1. The molecule has 11 heteroatoms. The number of carbonyl (C=O) groups excluding carboxylic acids is 2. The van der Waals surface area contributed by atoms with Gasteiger partial charge in [-0.25, -0.2) is 22.0 Å². The second-order valence-electron chi connectivity index (χ2n) is 8.88. The third-order valence-corrected chi connectivity index (χ3v) is 5.26. The number of benzene rings is 1. The second kappa shape index (κ2) is 14.1. The Morgan fingerprint density at radius 1 is 1.23 bits per heavy atom. The van der Waals surface area contributed by atoms with Gasteiger partial charge in [0.15, 0.2) is 0 Å². The quantitative estimate of drug-likeness (QED) is 0.133. The summed E-state index contributed by atoms with van der Waals surface area (Å²) in [6.07, 6.45) is 3.84. The van der Waals surface area contributed by atoms with Gasteiger partial charge in [0, 0.05) is 37.7 Å². The number of carbonyl (C=O) groups is 2. The van der Waals surface area contributed by atoms with Crippen LogP contribution in [0.4, 0.5) is 22.0 Å². The maximum Gasteiger partial charge on any atom is 0.279 e. The van der Waals surface area contributed by atoms with Crippen molar-refractivity contribution in [1.29, 1.82) is 0 Å². The Balaban J connectivity index is 2.40. The van der Waals surface area contributed by atoms with Crippen LogP contribution in [0.3, 0.4) is 0 Å². The predicted molar refractivity (Wildman–Crippen MR) is 140 cm³/mol. The van der Waals surface area contributed by atoms with Crippen LogP contribution in [0, 0.1) is 5.82 Å². The summed E-state index contributed by atoms with van der Waals surface area (Å²) in [7, 11) is 0. The van der Waals surface area contributed by atoms with E-state index in [1.165, 1.54) is 18.3 Å². The molecule has 6 nitrogen and oxygen atoms in total. The number of amides is 2. The van der Waals surface area contributed by atoms with Gasteiger partial charge in [0.05, 0.1) is 23.5 Å². The minimum Gasteiger partial charge on any atom is -0.366 e. The Labute approximate surface area is 223 Å². The SMILES string of the molecule is C=C(F)C=C(F)C=C(C)CC(NC(=O)CCCN=CC(C)(F)F)c1ncccc1-c1ccc(F)c(C(N)=O)c1. The van der Waals surface area contributed by atoms with Crippen molar-refractivity contribution < 1.29 is 31.5 Å². The van der Waals surface area contributed by atoms with Gasteiger partial charge in [-0.15, -0.1) is 0 Å². The smallest absolute Gasteiger partial charge is 0.279 e. The molecule has 1 heterocycles. The number of allylic oxidation sites excluding steroid dienone is 4. The van der Waals surface area contributed by atoms with Crippen LogP contribution in [0.2, 0.25) is 0 Å². The zero-order valence-corrected chi connectivity index (χ0v) is 21.5. The molecule has 0 spiro atoms. The van der Waals surface area contributed by atoms with Gasteiger partial charge in [0.25, 0.3) is 11.8 Å². The summed E-state index contributed by atoms with van der Waals surface area (Å²) < 4.78 is 66.9. The number of hydrogen-bond acceptors (Lipinski definition) is 4. The molecule has 0 saturated carbocycles. The molecule has 1 aromatic heterocycles. The molecule has 208 valence electrons. The minimum atomic E-state index is -3.06. The predicted octanol–water partition coefficient (Wildman–Crippen LogP) is 6.32. The molecule has 2 rings (SSSR count). The number of alkyl halides is 2. The number of nitrogens with two attached hydrogens (primary N) is 1. The summed E-state index contributed by atoms with van der Waals surface area (Å²) in [4.78, 5) is 32.4. The highest BCUT2D eigenvalue weighted by Gasteiger charge is 2.22. The number of nitrogens with one attached hydrogen (secondary N) is 1. The summed E-state index contributed by atoms with van der Waals surface area (Å²) in [5.41, 5.74) is 6.52. The van der Waals surface area contributed by atoms with Gasteiger partial charge in [-0.1, -0.05) is 24.3 Å². The number of pyridine rings is 1. The van der Waals surface area contributed by atoms with Gasteiger partial charge in [-0.3, -0.25) is 19.6 Å². The summed E-state index contributed by atoms with van der Waals surface area (Å²) in [6.45, 7) is 5.26. The van der Waals surface area contributed by atoms with Crippen molar-refractivity contribution in [3.05, 3.63) is 89.6 Å². The maximum absolute atomic E-state index is 14.1. The maximum atomic E-state index is 14.1. The lowest BCUT2D eigenvalue weighted by atomic mass is 9.94. The molecule has 0 aliphatic carbocycles. The number of rotatable bonds is 13. The van der Waals surface area contributed by atoms with Crippen LogP contribution in [0.1, 0.15) is 55.2 Å². The van der Waals surface area contributed by atoms with E-state index in [2.05, 4.69) is 21.9 Å². The number of hydrogen-bond donors (Lipinski definition) is 2. The van der Waals surface area contributed by atoms with Crippen molar-refractivity contribution in [3.8, 4) is 11.1 Å². The molecule has 2 amide bonds. The van der Waals surface area contributed by atoms with Gasteiger partial charge < -0.3 is 11.1 Å². The van der Waals surface area contributed by atoms with Crippen molar-refractivity contribution >= 4 is 18.0 Å². The van der Waals surface area contributed by atoms with Gasteiger partial charge in [-0.2, -0.15) is 0 Å². The van der Waals surface area contributed by atoms with Crippen LogP contribution in [0.25, 0.3) is 11.1 Å². The fourth-order valence-electron chi connectivity index (χ4n) is 3.67. The van der Waals surface area contributed by atoms with E-state index in [1.807, 2.05) is 0 Å². The van der Waals surface area contributed by atoms with Crippen LogP contribution in [-0.2, 0) is 4.79 Å². The Kier molecular flexibility index (Phi) is 11.3. The average Bonchev–Trinajstić information content (AvgIpc) is 2.82. The van der Waals surface area contributed by atoms with Gasteiger partial charge in [0.1, 0.15) is 17.5 Å². The van der Waals surface area contributed by atoms with Crippen LogP contribution in [0.5, 0.6) is 0 Å². The standard InChI is InChI=1S/C28H29F5N4O2/c1-17(12-20(30)14-18(2)29)13-24(37-25(38)7-5-10-35-16-28(3,32)33)26-21(6-4-11-36-26)19-8-9-23(31)22(15-19)27(34)39/h4,6,8-9,11-12,14-16,24H,2,5,7,10,13H2,1,3H3,(H2,34,39)(H,37,38). The molecular formula is C28H29F5N4O2. The number of primary amides is 1. The first-order valence-corrected chi connectivity index (χ1v) is 11.9. The van der Waals surface area contributed by atoms with Crippen molar-refractivity contribution in [2.75, 3.05) is 6.54 Å². The lowest BCUT2D eigenvalue weighted by Crippen LogP contribution is -2.29. The lowest BCUT2D eigenvalue weighted by Gasteiger charge is -2.22. The summed E-state index contributed by atoms with van der Waals surface area (Å²) in [5, 5.41) is 2.80. The molecule has 2 aromatic rings. The first-order valence-electron chi connectivity index (χ1n) is 11.9. The van der Waals surface area contributed by atoms with Gasteiger partial charge >= 0.3 is 0 Å². The molecule has 1 atom stereocenters. The zero-order valence-electron chi connectivity index (χ0n) is 21.5. The fraction of sp³-hybridized carbons (Fsp3) is 0.286. The highest BCUT2D eigenvalue weighted by atomic mass is 19.3. The lowest BCUT2D eigenvalue weighted by molar-refractivity contribution is -0.121. The minimum absolute atomic E-state index is 0.00385. The monoisotopic (exact) mass is 548 g/mol. The highest BCUT2D eigenvalue weighted by molar-refractivity contribution is 5.94. The highest BCUT2D eigenvalue weighted by Crippen LogP contribution is 2.31. The van der Waals surface area contributed by atoms with E-state index in [0.29, 0.717) is 41.6 Å².